The molecule has 1 saturated heterocycles. The molecule has 196 valence electrons. The standard InChI is InChI=1S/C26H28FN3O5S2/c27-23-12-8-22(9-13-23)19-30(37(34,35)24-6-2-1-3-7-24)20-26(31)28-18-21-10-14-25(15-11-21)36(32,33)29-16-4-5-17-29/h1-3,6-15H,4-5,16-20H2,(H,28,31). The average molecular weight is 546 g/mol. The monoisotopic (exact) mass is 545 g/mol. The van der Waals surface area contributed by atoms with E-state index in [1.54, 1.807) is 30.3 Å². The van der Waals surface area contributed by atoms with Crippen molar-refractivity contribution in [1.82, 2.24) is 13.9 Å². The normalized spacial score (nSPS) is 14.6. The first kappa shape index (κ1) is 26.9. The third kappa shape index (κ3) is 6.61. The zero-order chi connectivity index (χ0) is 26.5. The van der Waals surface area contributed by atoms with Crippen molar-refractivity contribution in [3.8, 4) is 0 Å². The summed E-state index contributed by atoms with van der Waals surface area (Å²) in [6, 6.07) is 19.5. The minimum Gasteiger partial charge on any atom is -0.351 e. The molecule has 0 bridgehead atoms. The Labute approximate surface area is 216 Å². The number of carbonyl (C=O) groups excluding carboxylic acids is 1. The smallest absolute Gasteiger partial charge is 0.243 e. The summed E-state index contributed by atoms with van der Waals surface area (Å²) in [6.07, 6.45) is 1.70. The van der Waals surface area contributed by atoms with Crippen LogP contribution in [0.2, 0.25) is 0 Å². The summed E-state index contributed by atoms with van der Waals surface area (Å²) in [5.74, 6) is -0.978. The van der Waals surface area contributed by atoms with Gasteiger partial charge in [0.2, 0.25) is 26.0 Å². The second-order valence-electron chi connectivity index (χ2n) is 8.74. The molecular formula is C26H28FN3O5S2. The lowest BCUT2D eigenvalue weighted by atomic mass is 10.2. The number of nitrogens with one attached hydrogen (secondary N) is 1. The molecule has 1 fully saturated rings. The van der Waals surface area contributed by atoms with Gasteiger partial charge in [0, 0.05) is 26.2 Å². The predicted octanol–water partition coefficient (Wildman–Crippen LogP) is 3.12. The molecule has 8 nitrogen and oxygen atoms in total. The quantitative estimate of drug-likeness (QED) is 0.422. The molecule has 1 amide bonds. The van der Waals surface area contributed by atoms with Gasteiger partial charge in [0.25, 0.3) is 0 Å². The van der Waals surface area contributed by atoms with Gasteiger partial charge in [-0.25, -0.2) is 21.2 Å². The van der Waals surface area contributed by atoms with E-state index >= 15 is 0 Å². The van der Waals surface area contributed by atoms with Crippen molar-refractivity contribution >= 4 is 26.0 Å². The second-order valence-corrected chi connectivity index (χ2v) is 12.6. The van der Waals surface area contributed by atoms with Gasteiger partial charge in [0.15, 0.2) is 0 Å². The van der Waals surface area contributed by atoms with Crippen LogP contribution in [0, 0.1) is 5.82 Å². The van der Waals surface area contributed by atoms with E-state index < -0.39 is 38.3 Å². The Kier molecular flexibility index (Phi) is 8.38. The van der Waals surface area contributed by atoms with Crippen LogP contribution >= 0.6 is 0 Å². The van der Waals surface area contributed by atoms with E-state index in [1.165, 1.54) is 52.8 Å². The van der Waals surface area contributed by atoms with Crippen LogP contribution in [0.5, 0.6) is 0 Å². The molecule has 3 aromatic rings. The van der Waals surface area contributed by atoms with E-state index in [2.05, 4.69) is 5.32 Å². The van der Waals surface area contributed by atoms with Gasteiger partial charge in [-0.2, -0.15) is 8.61 Å². The number of hydrogen-bond donors (Lipinski definition) is 1. The minimum atomic E-state index is -4.01. The number of benzene rings is 3. The summed E-state index contributed by atoms with van der Waals surface area (Å²) in [6.45, 7) is 0.559. The van der Waals surface area contributed by atoms with E-state index in [9.17, 15) is 26.0 Å². The SMILES string of the molecule is O=C(CN(Cc1ccc(F)cc1)S(=O)(=O)c1ccccc1)NCc1ccc(S(=O)(=O)N2CCCC2)cc1. The summed E-state index contributed by atoms with van der Waals surface area (Å²) in [7, 11) is -7.54. The predicted molar refractivity (Wildman–Crippen MR) is 137 cm³/mol. The van der Waals surface area contributed by atoms with Crippen LogP contribution in [0.4, 0.5) is 4.39 Å². The van der Waals surface area contributed by atoms with Crippen LogP contribution in [0.15, 0.2) is 88.7 Å². The fourth-order valence-corrected chi connectivity index (χ4v) is 6.96. The molecule has 0 saturated carbocycles. The van der Waals surface area contributed by atoms with Crippen LogP contribution in [-0.4, -0.2) is 51.0 Å². The van der Waals surface area contributed by atoms with Gasteiger partial charge < -0.3 is 5.32 Å². The van der Waals surface area contributed by atoms with Crippen LogP contribution < -0.4 is 5.32 Å². The van der Waals surface area contributed by atoms with E-state index in [-0.39, 0.29) is 22.9 Å². The van der Waals surface area contributed by atoms with Crippen LogP contribution in [0.3, 0.4) is 0 Å². The highest BCUT2D eigenvalue weighted by Gasteiger charge is 2.28. The molecule has 1 N–H and O–H groups in total. The maximum Gasteiger partial charge on any atom is 0.243 e. The zero-order valence-corrected chi connectivity index (χ0v) is 21.7. The first-order valence-electron chi connectivity index (χ1n) is 11.8. The van der Waals surface area contributed by atoms with E-state index in [0.29, 0.717) is 24.2 Å². The maximum atomic E-state index is 13.3. The van der Waals surface area contributed by atoms with Gasteiger partial charge >= 0.3 is 0 Å². The molecule has 0 aliphatic carbocycles. The van der Waals surface area contributed by atoms with Crippen molar-refractivity contribution < 1.29 is 26.0 Å². The fraction of sp³-hybridized carbons (Fsp3) is 0.269. The van der Waals surface area contributed by atoms with Gasteiger partial charge in [0.1, 0.15) is 5.82 Å². The molecule has 0 radical (unpaired) electrons. The number of rotatable bonds is 10. The number of carbonyl (C=O) groups is 1. The summed E-state index contributed by atoms with van der Waals surface area (Å²) in [5.41, 5.74) is 1.20. The zero-order valence-electron chi connectivity index (χ0n) is 20.1. The van der Waals surface area contributed by atoms with Crippen LogP contribution in [0.1, 0.15) is 24.0 Å². The Bertz CT molecular complexity index is 1420. The lowest BCUT2D eigenvalue weighted by Gasteiger charge is -2.22. The molecule has 0 unspecified atom stereocenters. The van der Waals surface area contributed by atoms with Gasteiger partial charge in [-0.3, -0.25) is 4.79 Å². The average Bonchev–Trinajstić information content (AvgIpc) is 3.45. The molecule has 1 aliphatic heterocycles. The Hall–Kier alpha value is -3.12. The highest BCUT2D eigenvalue weighted by atomic mass is 32.2. The molecule has 0 spiro atoms. The van der Waals surface area contributed by atoms with Crippen molar-refractivity contribution in [2.45, 2.75) is 35.7 Å². The molecule has 11 heteroatoms. The minimum absolute atomic E-state index is 0.0414. The molecule has 3 aromatic carbocycles. The van der Waals surface area contributed by atoms with Crippen LogP contribution in [0.25, 0.3) is 0 Å². The summed E-state index contributed by atoms with van der Waals surface area (Å²) >= 11 is 0. The van der Waals surface area contributed by atoms with Gasteiger partial charge in [-0.15, -0.1) is 0 Å². The lowest BCUT2D eigenvalue weighted by Crippen LogP contribution is -2.40. The molecule has 1 heterocycles. The van der Waals surface area contributed by atoms with Crippen molar-refractivity contribution in [2.24, 2.45) is 0 Å². The molecular weight excluding hydrogens is 517 g/mol. The number of amides is 1. The third-order valence-electron chi connectivity index (χ3n) is 6.09. The summed E-state index contributed by atoms with van der Waals surface area (Å²) < 4.78 is 67.7. The number of hydrogen-bond acceptors (Lipinski definition) is 5. The summed E-state index contributed by atoms with van der Waals surface area (Å²) in [4.78, 5) is 13.0. The molecule has 0 aromatic heterocycles. The van der Waals surface area contributed by atoms with Crippen LogP contribution in [-0.2, 0) is 37.9 Å². The second kappa shape index (κ2) is 11.5. The van der Waals surface area contributed by atoms with E-state index in [0.717, 1.165) is 17.1 Å². The van der Waals surface area contributed by atoms with Crippen molar-refractivity contribution in [1.29, 1.82) is 0 Å². The fourth-order valence-electron chi connectivity index (χ4n) is 4.03. The molecule has 37 heavy (non-hydrogen) atoms. The van der Waals surface area contributed by atoms with Gasteiger partial charge in [0.05, 0.1) is 16.3 Å². The van der Waals surface area contributed by atoms with Gasteiger partial charge in [-0.05, 0) is 60.4 Å². The Morgan fingerprint density at radius 1 is 0.811 bits per heavy atom. The van der Waals surface area contributed by atoms with Crippen molar-refractivity contribution in [3.63, 3.8) is 0 Å². The first-order chi connectivity index (χ1) is 17.7. The molecule has 0 atom stereocenters. The largest absolute Gasteiger partial charge is 0.351 e. The highest BCUT2D eigenvalue weighted by molar-refractivity contribution is 7.89. The number of halogens is 1. The Morgan fingerprint density at radius 2 is 1.41 bits per heavy atom. The van der Waals surface area contributed by atoms with Crippen molar-refractivity contribution in [3.05, 3.63) is 95.8 Å². The molecule has 1 aliphatic rings. The maximum absolute atomic E-state index is 13.3. The summed E-state index contributed by atoms with van der Waals surface area (Å²) in [5, 5.41) is 2.70. The van der Waals surface area contributed by atoms with E-state index in [1.807, 2.05) is 0 Å². The number of sulfonamides is 2. The van der Waals surface area contributed by atoms with Gasteiger partial charge in [-0.1, -0.05) is 42.5 Å². The number of nitrogens with zero attached hydrogens (tertiary/aromatic N) is 2. The lowest BCUT2D eigenvalue weighted by molar-refractivity contribution is -0.121. The highest BCUT2D eigenvalue weighted by Crippen LogP contribution is 2.21. The third-order valence-corrected chi connectivity index (χ3v) is 9.81. The Balaban J connectivity index is 1.44. The van der Waals surface area contributed by atoms with Crippen molar-refractivity contribution in [2.75, 3.05) is 19.6 Å². The topological polar surface area (TPSA) is 104 Å². The molecule has 4 rings (SSSR count). The van der Waals surface area contributed by atoms with E-state index in [4.69, 9.17) is 0 Å². The Morgan fingerprint density at radius 3 is 2.03 bits per heavy atom. The first-order valence-corrected chi connectivity index (χ1v) is 14.7.